The van der Waals surface area contributed by atoms with Crippen molar-refractivity contribution in [2.45, 2.75) is 33.4 Å². The average Bonchev–Trinajstić information content (AvgIpc) is 3.25. The smallest absolute Gasteiger partial charge is 0.174 e. The zero-order valence-corrected chi connectivity index (χ0v) is 20.5. The Labute approximate surface area is 206 Å². The van der Waals surface area contributed by atoms with Crippen LogP contribution in [0.2, 0.25) is 5.02 Å². The number of hydrogen-bond donors (Lipinski definition) is 2. The van der Waals surface area contributed by atoms with Crippen LogP contribution in [-0.4, -0.2) is 15.0 Å². The maximum absolute atomic E-state index is 6.35. The Morgan fingerprint density at radius 1 is 0.879 bits per heavy atom. The molecule has 168 valence electrons. The zero-order chi connectivity index (χ0) is 23.2. The van der Waals surface area contributed by atoms with E-state index in [-0.39, 0.29) is 0 Å². The van der Waals surface area contributed by atoms with E-state index in [1.807, 2.05) is 24.3 Å². The molecule has 3 nitrogen and oxygen atoms in total. The number of aromatic nitrogens is 1. The monoisotopic (exact) mass is 473 g/mol. The molecule has 2 N–H and O–H groups in total. The van der Waals surface area contributed by atoms with Gasteiger partial charge < -0.3 is 15.2 Å². The number of thiocarbonyl (C=S) groups is 1. The van der Waals surface area contributed by atoms with E-state index in [2.05, 4.69) is 89.7 Å². The molecule has 0 unspecified atom stereocenters. The van der Waals surface area contributed by atoms with Gasteiger partial charge in [-0.05, 0) is 72.6 Å². The highest BCUT2D eigenvalue weighted by molar-refractivity contribution is 7.80. The van der Waals surface area contributed by atoms with Crippen LogP contribution >= 0.6 is 23.8 Å². The quantitative estimate of drug-likeness (QED) is 0.276. The first-order valence-corrected chi connectivity index (χ1v) is 11.8. The van der Waals surface area contributed by atoms with Gasteiger partial charge in [0.15, 0.2) is 5.11 Å². The third-order valence-electron chi connectivity index (χ3n) is 5.64. The van der Waals surface area contributed by atoms with Crippen LogP contribution in [0.4, 0.5) is 5.69 Å². The Morgan fingerprint density at radius 2 is 1.61 bits per heavy atom. The minimum Gasteiger partial charge on any atom is -0.361 e. The summed E-state index contributed by atoms with van der Waals surface area (Å²) in [7, 11) is 0. The van der Waals surface area contributed by atoms with Crippen molar-refractivity contribution in [1.29, 1.82) is 0 Å². The van der Waals surface area contributed by atoms with Crippen LogP contribution in [0.3, 0.4) is 0 Å². The molecule has 3 aromatic carbocycles. The van der Waals surface area contributed by atoms with E-state index < -0.39 is 0 Å². The second-order valence-corrected chi connectivity index (χ2v) is 9.16. The predicted molar refractivity (Wildman–Crippen MR) is 143 cm³/mol. The van der Waals surface area contributed by atoms with Crippen molar-refractivity contribution in [3.8, 4) is 0 Å². The molecular formula is C28H28ClN3S. The van der Waals surface area contributed by atoms with Crippen molar-refractivity contribution in [2.24, 2.45) is 0 Å². The van der Waals surface area contributed by atoms with E-state index in [0.29, 0.717) is 11.7 Å². The van der Waals surface area contributed by atoms with E-state index in [9.17, 15) is 0 Å². The van der Waals surface area contributed by atoms with Gasteiger partial charge in [-0.2, -0.15) is 0 Å². The Kier molecular flexibility index (Phi) is 7.48. The van der Waals surface area contributed by atoms with Gasteiger partial charge in [-0.25, -0.2) is 0 Å². The van der Waals surface area contributed by atoms with Gasteiger partial charge in [-0.3, -0.25) is 0 Å². The molecule has 33 heavy (non-hydrogen) atoms. The Bertz CT molecular complexity index is 1230. The largest absolute Gasteiger partial charge is 0.361 e. The van der Waals surface area contributed by atoms with Crippen LogP contribution in [0.25, 0.3) is 0 Å². The number of anilines is 1. The van der Waals surface area contributed by atoms with Crippen molar-refractivity contribution in [3.05, 3.63) is 124 Å². The Morgan fingerprint density at radius 3 is 2.39 bits per heavy atom. The summed E-state index contributed by atoms with van der Waals surface area (Å²) in [5.41, 5.74) is 7.98. The van der Waals surface area contributed by atoms with Gasteiger partial charge in [-0.1, -0.05) is 72.3 Å². The van der Waals surface area contributed by atoms with Crippen LogP contribution in [0.15, 0.2) is 84.9 Å². The summed E-state index contributed by atoms with van der Waals surface area (Å²) in [4.78, 5) is 5.75. The highest BCUT2D eigenvalue weighted by Crippen LogP contribution is 2.21. The highest BCUT2D eigenvalue weighted by Gasteiger charge is 2.14. The highest BCUT2D eigenvalue weighted by atomic mass is 35.5. The molecule has 5 heteroatoms. The summed E-state index contributed by atoms with van der Waals surface area (Å²) in [5.74, 6) is 0. The Hall–Kier alpha value is -3.08. The molecule has 1 heterocycles. The molecule has 0 spiro atoms. The van der Waals surface area contributed by atoms with Crippen LogP contribution in [0.5, 0.6) is 0 Å². The fourth-order valence-electron chi connectivity index (χ4n) is 3.81. The minimum absolute atomic E-state index is 0.675. The standard InChI is InChI=1S/C28H28ClN3S/c1-20-12-13-21(2)27(16-20)31-28(33)32(18-22-8-4-3-5-9-22)19-25-15-14-24(30-25)17-23-10-6-7-11-26(23)29/h3-16,30H,17-19H2,1-2H3,(H,31,33). The van der Waals surface area contributed by atoms with Crippen molar-refractivity contribution < 1.29 is 0 Å². The van der Waals surface area contributed by atoms with Gasteiger partial charge in [-0.15, -0.1) is 0 Å². The second-order valence-electron chi connectivity index (χ2n) is 8.37. The molecule has 0 aliphatic heterocycles. The number of nitrogens with one attached hydrogen (secondary N) is 2. The van der Waals surface area contributed by atoms with E-state index in [4.69, 9.17) is 23.8 Å². The van der Waals surface area contributed by atoms with E-state index in [1.54, 1.807) is 0 Å². The van der Waals surface area contributed by atoms with Crippen LogP contribution in [0, 0.1) is 13.8 Å². The number of hydrogen-bond acceptors (Lipinski definition) is 1. The maximum Gasteiger partial charge on any atom is 0.174 e. The normalized spacial score (nSPS) is 10.8. The van der Waals surface area contributed by atoms with E-state index in [1.165, 1.54) is 16.7 Å². The Balaban J connectivity index is 1.52. The van der Waals surface area contributed by atoms with Gasteiger partial charge in [0, 0.05) is 35.1 Å². The van der Waals surface area contributed by atoms with E-state index in [0.717, 1.165) is 40.6 Å². The molecule has 0 bridgehead atoms. The van der Waals surface area contributed by atoms with Crippen molar-refractivity contribution in [1.82, 2.24) is 9.88 Å². The van der Waals surface area contributed by atoms with Gasteiger partial charge in [0.25, 0.3) is 0 Å². The van der Waals surface area contributed by atoms with Gasteiger partial charge >= 0.3 is 0 Å². The summed E-state index contributed by atoms with van der Waals surface area (Å²) in [6.07, 6.45) is 0.767. The molecule has 0 saturated heterocycles. The first kappa shape index (κ1) is 23.1. The topological polar surface area (TPSA) is 31.1 Å². The molecule has 0 fully saturated rings. The summed E-state index contributed by atoms with van der Waals surface area (Å²) >= 11 is 12.2. The summed E-state index contributed by atoms with van der Waals surface area (Å²) < 4.78 is 0. The van der Waals surface area contributed by atoms with Gasteiger partial charge in [0.05, 0.1) is 6.54 Å². The number of H-pyrrole nitrogens is 1. The fourth-order valence-corrected chi connectivity index (χ4v) is 4.25. The lowest BCUT2D eigenvalue weighted by Crippen LogP contribution is -2.34. The van der Waals surface area contributed by atoms with Gasteiger partial charge in [0.1, 0.15) is 0 Å². The fraction of sp³-hybridized carbons (Fsp3) is 0.179. The number of nitrogens with zero attached hydrogens (tertiary/aromatic N) is 1. The molecule has 0 aliphatic carbocycles. The SMILES string of the molecule is Cc1ccc(C)c(NC(=S)N(Cc2ccccc2)Cc2ccc(Cc3ccccc3Cl)[nH]2)c1. The number of halogens is 1. The molecule has 0 saturated carbocycles. The van der Waals surface area contributed by atoms with Crippen molar-refractivity contribution in [2.75, 3.05) is 5.32 Å². The summed E-state index contributed by atoms with van der Waals surface area (Å²) in [5, 5.41) is 4.97. The number of rotatable bonds is 7. The molecule has 4 aromatic rings. The molecule has 4 rings (SSSR count). The summed E-state index contributed by atoms with van der Waals surface area (Å²) in [6, 6.07) is 29.0. The molecule has 0 atom stereocenters. The molecule has 1 aromatic heterocycles. The van der Waals surface area contributed by atoms with Crippen molar-refractivity contribution >= 4 is 34.6 Å². The summed E-state index contributed by atoms with van der Waals surface area (Å²) in [6.45, 7) is 5.58. The minimum atomic E-state index is 0.675. The predicted octanol–water partition coefficient (Wildman–Crippen LogP) is 7.27. The first-order valence-electron chi connectivity index (χ1n) is 11.1. The number of aryl methyl sites for hydroxylation is 2. The molecule has 0 aliphatic rings. The second kappa shape index (κ2) is 10.7. The van der Waals surface area contributed by atoms with Crippen molar-refractivity contribution in [3.63, 3.8) is 0 Å². The van der Waals surface area contributed by atoms with Crippen LogP contribution in [-0.2, 0) is 19.5 Å². The number of aromatic amines is 1. The first-order chi connectivity index (χ1) is 16.0. The average molecular weight is 474 g/mol. The maximum atomic E-state index is 6.35. The van der Waals surface area contributed by atoms with Gasteiger partial charge in [0.2, 0.25) is 0 Å². The molecular weight excluding hydrogens is 446 g/mol. The lowest BCUT2D eigenvalue weighted by atomic mass is 10.1. The van der Waals surface area contributed by atoms with Crippen LogP contribution < -0.4 is 5.32 Å². The lowest BCUT2D eigenvalue weighted by molar-refractivity contribution is 0.408. The van der Waals surface area contributed by atoms with Crippen LogP contribution in [0.1, 0.15) is 33.6 Å². The zero-order valence-electron chi connectivity index (χ0n) is 18.9. The molecule has 0 amide bonds. The molecule has 0 radical (unpaired) electrons. The third kappa shape index (κ3) is 6.25. The lowest BCUT2D eigenvalue weighted by Gasteiger charge is -2.26. The third-order valence-corrected chi connectivity index (χ3v) is 6.37. The number of benzene rings is 3. The van der Waals surface area contributed by atoms with E-state index >= 15 is 0 Å².